The number of ether oxygens (including phenoxy) is 2. The van der Waals surface area contributed by atoms with Crippen molar-refractivity contribution in [2.45, 2.75) is 71.2 Å². The molecule has 0 aromatic heterocycles. The molecule has 0 aliphatic carbocycles. The van der Waals surface area contributed by atoms with Gasteiger partial charge in [0.25, 0.3) is 0 Å². The topological polar surface area (TPSA) is 35.5 Å². The summed E-state index contributed by atoms with van der Waals surface area (Å²) in [5, 5.41) is 0. The Morgan fingerprint density at radius 2 is 1.90 bits per heavy atom. The minimum absolute atomic E-state index is 0.270. The predicted molar refractivity (Wildman–Crippen MR) is 87.8 cm³/mol. The summed E-state index contributed by atoms with van der Waals surface area (Å²) in [6.45, 7) is 13.2. The maximum absolute atomic E-state index is 11.2. The number of esters is 1. The summed E-state index contributed by atoms with van der Waals surface area (Å²) in [6.07, 6.45) is 4.59. The van der Waals surface area contributed by atoms with E-state index in [-0.39, 0.29) is 5.97 Å². The Bertz CT molecular complexity index is 279. The first-order valence-electron chi connectivity index (χ1n) is 7.97. The molecule has 0 heterocycles. The Morgan fingerprint density at radius 1 is 1.20 bits per heavy atom. The van der Waals surface area contributed by atoms with Crippen molar-refractivity contribution in [3.63, 3.8) is 0 Å². The lowest BCUT2D eigenvalue weighted by Gasteiger charge is -2.22. The third-order valence-electron chi connectivity index (χ3n) is 3.55. The van der Waals surface area contributed by atoms with E-state index in [1.165, 1.54) is 24.9 Å². The molecule has 0 N–H and O–H groups in total. The molecule has 0 saturated heterocycles. The lowest BCUT2D eigenvalue weighted by molar-refractivity contribution is -0.139. The molecule has 20 heavy (non-hydrogen) atoms. The van der Waals surface area contributed by atoms with E-state index < -0.39 is 8.80 Å². The van der Waals surface area contributed by atoms with Crippen molar-refractivity contribution in [3.05, 3.63) is 12.2 Å². The molecule has 0 radical (unpaired) electrons. The first-order chi connectivity index (χ1) is 9.52. The van der Waals surface area contributed by atoms with E-state index in [4.69, 9.17) is 9.47 Å². The maximum atomic E-state index is 11.2. The van der Waals surface area contributed by atoms with Gasteiger partial charge in [-0.1, -0.05) is 44.9 Å². The van der Waals surface area contributed by atoms with Crippen LogP contribution in [0.2, 0.25) is 12.1 Å². The van der Waals surface area contributed by atoms with Crippen LogP contribution in [0.4, 0.5) is 0 Å². The summed E-state index contributed by atoms with van der Waals surface area (Å²) in [5.41, 5.74) is 0.965. The SMILES string of the molecule is C=C(C)C(=O)OCCCCC[SiH](CCC)C(C)OCC. The van der Waals surface area contributed by atoms with Crippen molar-refractivity contribution in [1.82, 2.24) is 0 Å². The van der Waals surface area contributed by atoms with Gasteiger partial charge in [-0.2, -0.15) is 0 Å². The zero-order valence-electron chi connectivity index (χ0n) is 13.7. The highest BCUT2D eigenvalue weighted by Gasteiger charge is 2.17. The second-order valence-electron chi connectivity index (χ2n) is 5.47. The van der Waals surface area contributed by atoms with E-state index in [0.717, 1.165) is 19.4 Å². The van der Waals surface area contributed by atoms with Crippen molar-refractivity contribution >= 4 is 14.8 Å². The van der Waals surface area contributed by atoms with Crippen LogP contribution in [0.5, 0.6) is 0 Å². The van der Waals surface area contributed by atoms with Gasteiger partial charge in [0.15, 0.2) is 0 Å². The summed E-state index contributed by atoms with van der Waals surface area (Å²) in [7, 11) is -0.777. The van der Waals surface area contributed by atoms with E-state index in [9.17, 15) is 4.79 Å². The van der Waals surface area contributed by atoms with Crippen LogP contribution in [-0.4, -0.2) is 33.7 Å². The molecule has 2 atom stereocenters. The molecule has 0 aromatic rings. The highest BCUT2D eigenvalue weighted by atomic mass is 28.3. The third-order valence-corrected chi connectivity index (χ3v) is 7.54. The minimum Gasteiger partial charge on any atom is -0.462 e. The second kappa shape index (κ2) is 12.2. The van der Waals surface area contributed by atoms with Crippen molar-refractivity contribution in [1.29, 1.82) is 0 Å². The van der Waals surface area contributed by atoms with Gasteiger partial charge < -0.3 is 9.47 Å². The standard InChI is InChI=1S/C16H32O3Si/c1-6-12-20(15(5)18-7-2)13-10-8-9-11-19-16(17)14(3)4/h15,20H,3,6-13H2,1-2,4-5H3. The molecule has 0 aliphatic heterocycles. The molecule has 3 nitrogen and oxygen atoms in total. The fourth-order valence-corrected chi connectivity index (χ4v) is 5.60. The zero-order chi connectivity index (χ0) is 15.4. The molecule has 2 unspecified atom stereocenters. The Labute approximate surface area is 126 Å². The Hall–Kier alpha value is -0.613. The Balaban J connectivity index is 3.73. The number of carbonyl (C=O) groups is 1. The number of carbonyl (C=O) groups excluding carboxylic acids is 1. The van der Waals surface area contributed by atoms with Gasteiger partial charge in [0.2, 0.25) is 0 Å². The van der Waals surface area contributed by atoms with E-state index in [2.05, 4.69) is 27.4 Å². The van der Waals surface area contributed by atoms with Crippen molar-refractivity contribution in [2.24, 2.45) is 0 Å². The second-order valence-corrected chi connectivity index (χ2v) is 9.09. The van der Waals surface area contributed by atoms with Gasteiger partial charge in [0.05, 0.1) is 15.4 Å². The Morgan fingerprint density at radius 3 is 2.45 bits per heavy atom. The Kier molecular flexibility index (Phi) is 11.8. The summed E-state index contributed by atoms with van der Waals surface area (Å²) >= 11 is 0. The van der Waals surface area contributed by atoms with Gasteiger partial charge in [-0.05, 0) is 27.2 Å². The van der Waals surface area contributed by atoms with Gasteiger partial charge in [-0.15, -0.1) is 0 Å². The van der Waals surface area contributed by atoms with Gasteiger partial charge in [0, 0.05) is 17.9 Å². The van der Waals surface area contributed by atoms with E-state index in [0.29, 0.717) is 17.9 Å². The summed E-state index contributed by atoms with van der Waals surface area (Å²) < 4.78 is 10.9. The molecular formula is C16H32O3Si. The van der Waals surface area contributed by atoms with Crippen LogP contribution in [0.1, 0.15) is 53.4 Å². The molecule has 0 bridgehead atoms. The number of unbranched alkanes of at least 4 members (excludes halogenated alkanes) is 2. The van der Waals surface area contributed by atoms with Crippen LogP contribution >= 0.6 is 0 Å². The van der Waals surface area contributed by atoms with Gasteiger partial charge >= 0.3 is 5.97 Å². The lowest BCUT2D eigenvalue weighted by Crippen LogP contribution is -2.30. The van der Waals surface area contributed by atoms with E-state index in [1.54, 1.807) is 6.92 Å². The molecule has 0 fully saturated rings. The minimum atomic E-state index is -0.777. The predicted octanol–water partition coefficient (Wildman–Crippen LogP) is 3.88. The average Bonchev–Trinajstić information content (AvgIpc) is 2.41. The van der Waals surface area contributed by atoms with Gasteiger partial charge in [-0.3, -0.25) is 0 Å². The van der Waals surface area contributed by atoms with E-state index >= 15 is 0 Å². The smallest absolute Gasteiger partial charge is 0.333 e. The molecule has 0 aliphatic rings. The number of rotatable bonds is 12. The van der Waals surface area contributed by atoms with E-state index in [1.807, 2.05) is 0 Å². The summed E-state index contributed by atoms with van der Waals surface area (Å²) in [6, 6.07) is 2.70. The van der Waals surface area contributed by atoms with Crippen LogP contribution < -0.4 is 0 Å². The molecule has 0 saturated carbocycles. The van der Waals surface area contributed by atoms with Crippen LogP contribution in [0.3, 0.4) is 0 Å². The third kappa shape index (κ3) is 9.32. The largest absolute Gasteiger partial charge is 0.462 e. The molecule has 0 amide bonds. The summed E-state index contributed by atoms with van der Waals surface area (Å²) in [5.74, 6) is -0.270. The highest BCUT2D eigenvalue weighted by Crippen LogP contribution is 2.15. The quantitative estimate of drug-likeness (QED) is 0.237. The highest BCUT2D eigenvalue weighted by molar-refractivity contribution is 6.60. The average molecular weight is 301 g/mol. The van der Waals surface area contributed by atoms with Crippen LogP contribution in [0.25, 0.3) is 0 Å². The maximum Gasteiger partial charge on any atom is 0.333 e. The first kappa shape index (κ1) is 19.4. The van der Waals surface area contributed by atoms with Crippen molar-refractivity contribution in [3.8, 4) is 0 Å². The molecule has 0 spiro atoms. The number of hydrogen-bond acceptors (Lipinski definition) is 3. The van der Waals surface area contributed by atoms with Crippen molar-refractivity contribution in [2.75, 3.05) is 13.2 Å². The summed E-state index contributed by atoms with van der Waals surface area (Å²) in [4.78, 5) is 11.2. The lowest BCUT2D eigenvalue weighted by atomic mass is 10.3. The van der Waals surface area contributed by atoms with Gasteiger partial charge in [0.1, 0.15) is 0 Å². The normalized spacial score (nSPS) is 13.8. The monoisotopic (exact) mass is 300 g/mol. The molecule has 0 rings (SSSR count). The fourth-order valence-electron chi connectivity index (χ4n) is 2.36. The van der Waals surface area contributed by atoms with Gasteiger partial charge in [-0.25, -0.2) is 4.79 Å². The molecular weight excluding hydrogens is 268 g/mol. The fraction of sp³-hybridized carbons (Fsp3) is 0.812. The van der Waals surface area contributed by atoms with Crippen LogP contribution in [0, 0.1) is 0 Å². The van der Waals surface area contributed by atoms with Crippen LogP contribution in [0.15, 0.2) is 12.2 Å². The van der Waals surface area contributed by atoms with Crippen LogP contribution in [-0.2, 0) is 14.3 Å². The molecule has 118 valence electrons. The van der Waals surface area contributed by atoms with Crippen molar-refractivity contribution < 1.29 is 14.3 Å². The molecule has 4 heteroatoms. The zero-order valence-corrected chi connectivity index (χ0v) is 14.9. The first-order valence-corrected chi connectivity index (χ1v) is 10.3. The molecule has 0 aromatic carbocycles. The number of hydrogen-bond donors (Lipinski definition) is 0.